The van der Waals surface area contributed by atoms with E-state index in [-0.39, 0.29) is 5.69 Å². The Morgan fingerprint density at radius 1 is 1.35 bits per heavy atom. The van der Waals surface area contributed by atoms with Crippen molar-refractivity contribution >= 4 is 22.4 Å². The minimum atomic E-state index is -2.10. The Morgan fingerprint density at radius 2 is 1.85 bits per heavy atom. The fourth-order valence-corrected chi connectivity index (χ4v) is 2.50. The summed E-state index contributed by atoms with van der Waals surface area (Å²) in [6, 6.07) is 1.76. The molecule has 0 radical (unpaired) electrons. The van der Waals surface area contributed by atoms with Gasteiger partial charge in [0.2, 0.25) is 5.91 Å². The number of amides is 1. The van der Waals surface area contributed by atoms with Gasteiger partial charge in [0.25, 0.3) is 0 Å². The third kappa shape index (κ3) is 4.26. The number of nitrogen functional groups attached to an aromatic ring is 1. The highest BCUT2D eigenvalue weighted by Crippen LogP contribution is 2.20. The smallest absolute Gasteiger partial charge is 0.233 e. The van der Waals surface area contributed by atoms with E-state index >= 15 is 0 Å². The van der Waals surface area contributed by atoms with Crippen LogP contribution in [0.25, 0.3) is 0 Å². The monoisotopic (exact) mass is 304 g/mol. The summed E-state index contributed by atoms with van der Waals surface area (Å²) < 4.78 is 39.1. The molecular weight excluding hydrogens is 286 g/mol. The number of anilines is 1. The summed E-state index contributed by atoms with van der Waals surface area (Å²) >= 11 is 0. The lowest BCUT2D eigenvalue weighted by Gasteiger charge is -2.24. The van der Waals surface area contributed by atoms with Gasteiger partial charge in [-0.05, 0) is 32.4 Å². The quantitative estimate of drug-likeness (QED) is 0.817. The van der Waals surface area contributed by atoms with Crippen LogP contribution < -0.4 is 11.1 Å². The van der Waals surface area contributed by atoms with Gasteiger partial charge in [-0.2, -0.15) is 0 Å². The van der Waals surface area contributed by atoms with Crippen LogP contribution in [0.4, 0.5) is 14.5 Å². The van der Waals surface area contributed by atoms with E-state index in [1.165, 1.54) is 0 Å². The fraction of sp³-hybridized carbons (Fsp3) is 0.462. The SMILES string of the molecule is CCC(C)(C)NC(=O)CS(=O)c1c(F)cc(N)cc1F. The van der Waals surface area contributed by atoms with Crippen molar-refractivity contribution in [2.45, 2.75) is 37.6 Å². The molecule has 4 nitrogen and oxygen atoms in total. The summed E-state index contributed by atoms with van der Waals surface area (Å²) in [7, 11) is -2.10. The van der Waals surface area contributed by atoms with Crippen LogP contribution in [0.1, 0.15) is 27.2 Å². The lowest BCUT2D eigenvalue weighted by atomic mass is 10.0. The largest absolute Gasteiger partial charge is 0.399 e. The van der Waals surface area contributed by atoms with Gasteiger partial charge in [-0.25, -0.2) is 8.78 Å². The van der Waals surface area contributed by atoms with E-state index in [0.717, 1.165) is 12.1 Å². The number of nitrogens with one attached hydrogen (secondary N) is 1. The average molecular weight is 304 g/mol. The van der Waals surface area contributed by atoms with Crippen molar-refractivity contribution in [3.8, 4) is 0 Å². The third-order valence-electron chi connectivity index (χ3n) is 2.87. The van der Waals surface area contributed by atoms with Crippen molar-refractivity contribution < 1.29 is 17.8 Å². The van der Waals surface area contributed by atoms with E-state index in [0.29, 0.717) is 6.42 Å². The lowest BCUT2D eigenvalue weighted by molar-refractivity contribution is -0.120. The molecule has 1 amide bonds. The van der Waals surface area contributed by atoms with Gasteiger partial charge in [0, 0.05) is 11.2 Å². The lowest BCUT2D eigenvalue weighted by Crippen LogP contribution is -2.44. The predicted molar refractivity (Wildman–Crippen MR) is 74.6 cm³/mol. The third-order valence-corrected chi connectivity index (χ3v) is 4.24. The van der Waals surface area contributed by atoms with Crippen molar-refractivity contribution in [2.75, 3.05) is 11.5 Å². The Morgan fingerprint density at radius 3 is 2.30 bits per heavy atom. The molecule has 0 aliphatic rings. The first-order valence-electron chi connectivity index (χ1n) is 6.10. The molecule has 1 aromatic carbocycles. The normalized spacial score (nSPS) is 13.1. The highest BCUT2D eigenvalue weighted by atomic mass is 32.2. The minimum Gasteiger partial charge on any atom is -0.399 e. The number of hydrogen-bond acceptors (Lipinski definition) is 3. The fourth-order valence-electron chi connectivity index (χ4n) is 1.49. The number of rotatable bonds is 5. The second-order valence-corrected chi connectivity index (χ2v) is 6.48. The van der Waals surface area contributed by atoms with Crippen molar-refractivity contribution in [2.24, 2.45) is 0 Å². The average Bonchev–Trinajstić information content (AvgIpc) is 2.26. The van der Waals surface area contributed by atoms with E-state index in [1.54, 1.807) is 13.8 Å². The maximum Gasteiger partial charge on any atom is 0.233 e. The molecular formula is C13H18F2N2O2S. The van der Waals surface area contributed by atoms with Gasteiger partial charge in [0.15, 0.2) is 0 Å². The number of carbonyl (C=O) groups excluding carboxylic acids is 1. The molecule has 1 atom stereocenters. The Labute approximate surface area is 119 Å². The Balaban J connectivity index is 2.85. The van der Waals surface area contributed by atoms with Gasteiger partial charge in [-0.1, -0.05) is 6.92 Å². The Bertz CT molecular complexity index is 524. The summed E-state index contributed by atoms with van der Waals surface area (Å²) in [5.74, 6) is -3.04. The second-order valence-electron chi connectivity index (χ2n) is 5.09. The van der Waals surface area contributed by atoms with Crippen LogP contribution in [0.2, 0.25) is 0 Å². The molecule has 0 aromatic heterocycles. The van der Waals surface area contributed by atoms with Crippen molar-refractivity contribution in [3.63, 3.8) is 0 Å². The van der Waals surface area contributed by atoms with Crippen molar-refractivity contribution in [3.05, 3.63) is 23.8 Å². The van der Waals surface area contributed by atoms with Gasteiger partial charge in [0.05, 0.1) is 10.8 Å². The summed E-state index contributed by atoms with van der Waals surface area (Å²) in [6.07, 6.45) is 0.677. The molecule has 0 bridgehead atoms. The molecule has 0 fully saturated rings. The first-order chi connectivity index (χ1) is 9.16. The summed E-state index contributed by atoms with van der Waals surface area (Å²) in [5, 5.41) is 2.66. The molecule has 0 saturated carbocycles. The molecule has 20 heavy (non-hydrogen) atoms. The predicted octanol–water partition coefficient (Wildman–Crippen LogP) is 1.96. The summed E-state index contributed by atoms with van der Waals surface area (Å²) in [4.78, 5) is 11.1. The molecule has 1 rings (SSSR count). The molecule has 0 spiro atoms. The summed E-state index contributed by atoms with van der Waals surface area (Å²) in [5.41, 5.74) is 4.71. The van der Waals surface area contributed by atoms with E-state index < -0.39 is 44.5 Å². The maximum atomic E-state index is 13.6. The van der Waals surface area contributed by atoms with Crippen LogP contribution in [-0.2, 0) is 15.6 Å². The molecule has 0 heterocycles. The van der Waals surface area contributed by atoms with Crippen molar-refractivity contribution in [1.82, 2.24) is 5.32 Å². The van der Waals surface area contributed by atoms with Crippen LogP contribution in [0.15, 0.2) is 17.0 Å². The Hall–Kier alpha value is -1.50. The maximum absolute atomic E-state index is 13.6. The van der Waals surface area contributed by atoms with Gasteiger partial charge in [0.1, 0.15) is 22.3 Å². The van der Waals surface area contributed by atoms with Crippen LogP contribution in [0.5, 0.6) is 0 Å². The molecule has 1 unspecified atom stereocenters. The zero-order chi connectivity index (χ0) is 15.5. The van der Waals surface area contributed by atoms with Gasteiger partial charge in [-0.15, -0.1) is 0 Å². The van der Waals surface area contributed by atoms with Crippen LogP contribution >= 0.6 is 0 Å². The molecule has 0 aliphatic heterocycles. The van der Waals surface area contributed by atoms with E-state index in [4.69, 9.17) is 5.73 Å². The van der Waals surface area contributed by atoms with Crippen LogP contribution in [0, 0.1) is 11.6 Å². The second kappa shape index (κ2) is 6.30. The van der Waals surface area contributed by atoms with E-state index in [2.05, 4.69) is 5.32 Å². The Kier molecular flexibility index (Phi) is 5.21. The topological polar surface area (TPSA) is 72.2 Å². The van der Waals surface area contributed by atoms with Crippen LogP contribution in [-0.4, -0.2) is 21.4 Å². The number of hydrogen-bond donors (Lipinski definition) is 2. The number of benzene rings is 1. The molecule has 0 aliphatic carbocycles. The standard InChI is InChI=1S/C13H18F2N2O2S/c1-4-13(2,3)17-11(18)7-20(19)12-9(14)5-8(16)6-10(12)15/h5-6H,4,7,16H2,1-3H3,(H,17,18). The highest BCUT2D eigenvalue weighted by Gasteiger charge is 2.23. The highest BCUT2D eigenvalue weighted by molar-refractivity contribution is 7.85. The van der Waals surface area contributed by atoms with Gasteiger partial charge >= 0.3 is 0 Å². The molecule has 112 valence electrons. The molecule has 1 aromatic rings. The van der Waals surface area contributed by atoms with Gasteiger partial charge < -0.3 is 11.1 Å². The zero-order valence-corrected chi connectivity index (χ0v) is 12.4. The number of nitrogens with two attached hydrogens (primary N) is 1. The van der Waals surface area contributed by atoms with E-state index in [9.17, 15) is 17.8 Å². The van der Waals surface area contributed by atoms with E-state index in [1.807, 2.05) is 6.92 Å². The molecule has 0 saturated heterocycles. The van der Waals surface area contributed by atoms with Crippen molar-refractivity contribution in [1.29, 1.82) is 0 Å². The minimum absolute atomic E-state index is 0.0997. The first kappa shape index (κ1) is 16.6. The molecule has 3 N–H and O–H groups in total. The summed E-state index contributed by atoms with van der Waals surface area (Å²) in [6.45, 7) is 5.49. The number of carbonyl (C=O) groups is 1. The zero-order valence-electron chi connectivity index (χ0n) is 11.6. The number of halogens is 2. The first-order valence-corrected chi connectivity index (χ1v) is 7.42. The molecule has 7 heteroatoms. The van der Waals surface area contributed by atoms with Crippen LogP contribution in [0.3, 0.4) is 0 Å². The van der Waals surface area contributed by atoms with Gasteiger partial charge in [-0.3, -0.25) is 9.00 Å².